The van der Waals surface area contributed by atoms with Crippen molar-refractivity contribution in [1.82, 2.24) is 9.29 Å². The molecule has 5 nitrogen and oxygen atoms in total. The molecule has 0 saturated carbocycles. The lowest BCUT2D eigenvalue weighted by molar-refractivity contribution is 0.384. The third-order valence-corrected chi connectivity index (χ3v) is 8.30. The van der Waals surface area contributed by atoms with Gasteiger partial charge in [0.15, 0.2) is 5.13 Å². The van der Waals surface area contributed by atoms with Crippen LogP contribution in [0.15, 0.2) is 52.7 Å². The Morgan fingerprint density at radius 1 is 1.07 bits per heavy atom. The number of thiazole rings is 1. The van der Waals surface area contributed by atoms with E-state index in [-0.39, 0.29) is 4.90 Å². The Morgan fingerprint density at radius 3 is 2.53 bits per heavy atom. The first-order valence-electron chi connectivity index (χ1n) is 9.22. The number of aromatic nitrogens is 1. The number of piperazine rings is 1. The molecular weight excluding hydrogens is 468 g/mol. The van der Waals surface area contributed by atoms with Crippen LogP contribution in [0.5, 0.6) is 0 Å². The average Bonchev–Trinajstić information content (AvgIpc) is 3.19. The van der Waals surface area contributed by atoms with E-state index in [1.54, 1.807) is 12.1 Å². The molecule has 10 heteroatoms. The zero-order valence-corrected chi connectivity index (χ0v) is 18.9. The number of nitrogens with zero attached hydrogens (tertiary/aromatic N) is 3. The minimum atomic E-state index is -3.71. The van der Waals surface area contributed by atoms with Gasteiger partial charge in [0, 0.05) is 48.0 Å². The second kappa shape index (κ2) is 8.80. The van der Waals surface area contributed by atoms with Crippen LogP contribution in [-0.2, 0) is 16.4 Å². The maximum atomic E-state index is 13.4. The highest BCUT2D eigenvalue weighted by atomic mass is 35.5. The molecule has 158 valence electrons. The molecule has 4 rings (SSSR count). The maximum absolute atomic E-state index is 13.4. The molecule has 0 N–H and O–H groups in total. The van der Waals surface area contributed by atoms with Gasteiger partial charge in [-0.15, -0.1) is 11.3 Å². The molecule has 0 spiro atoms. The van der Waals surface area contributed by atoms with Crippen molar-refractivity contribution in [2.75, 3.05) is 31.1 Å². The molecule has 0 unspecified atom stereocenters. The van der Waals surface area contributed by atoms with Crippen LogP contribution < -0.4 is 4.90 Å². The molecule has 0 atom stereocenters. The van der Waals surface area contributed by atoms with Gasteiger partial charge in [0.25, 0.3) is 0 Å². The van der Waals surface area contributed by atoms with Crippen molar-refractivity contribution in [2.24, 2.45) is 0 Å². The van der Waals surface area contributed by atoms with E-state index in [0.717, 1.165) is 22.5 Å². The summed E-state index contributed by atoms with van der Waals surface area (Å²) in [6.45, 7) is 1.67. The quantitative estimate of drug-likeness (QED) is 0.525. The first-order chi connectivity index (χ1) is 14.3. The molecule has 2 heterocycles. The average molecular weight is 486 g/mol. The monoisotopic (exact) mass is 485 g/mol. The first kappa shape index (κ1) is 21.5. The van der Waals surface area contributed by atoms with Gasteiger partial charge in [0.05, 0.1) is 10.6 Å². The van der Waals surface area contributed by atoms with Crippen LogP contribution in [0.25, 0.3) is 0 Å². The lowest BCUT2D eigenvalue weighted by Crippen LogP contribution is -2.48. The van der Waals surface area contributed by atoms with Crippen LogP contribution in [-0.4, -0.2) is 43.9 Å². The normalized spacial score (nSPS) is 15.5. The third kappa shape index (κ3) is 4.63. The molecule has 2 aromatic carbocycles. The van der Waals surface area contributed by atoms with Crippen molar-refractivity contribution in [3.8, 4) is 0 Å². The minimum absolute atomic E-state index is 0.0210. The summed E-state index contributed by atoms with van der Waals surface area (Å²) in [5.74, 6) is -0.564. The Hall–Kier alpha value is -1.71. The Balaban J connectivity index is 1.41. The second-order valence-electron chi connectivity index (χ2n) is 6.88. The van der Waals surface area contributed by atoms with Crippen molar-refractivity contribution in [1.29, 1.82) is 0 Å². The van der Waals surface area contributed by atoms with E-state index >= 15 is 0 Å². The van der Waals surface area contributed by atoms with E-state index in [2.05, 4.69) is 9.88 Å². The van der Waals surface area contributed by atoms with Crippen LogP contribution in [0.4, 0.5) is 9.52 Å². The van der Waals surface area contributed by atoms with Crippen molar-refractivity contribution in [2.45, 2.75) is 11.3 Å². The van der Waals surface area contributed by atoms with E-state index in [1.165, 1.54) is 33.8 Å². The second-order valence-corrected chi connectivity index (χ2v) is 10.5. The summed E-state index contributed by atoms with van der Waals surface area (Å²) in [6, 6.07) is 10.5. The van der Waals surface area contributed by atoms with E-state index in [9.17, 15) is 12.8 Å². The van der Waals surface area contributed by atoms with Gasteiger partial charge in [0.1, 0.15) is 5.82 Å². The predicted octanol–water partition coefficient (Wildman–Crippen LogP) is 4.69. The minimum Gasteiger partial charge on any atom is -0.345 e. The zero-order valence-electron chi connectivity index (χ0n) is 15.8. The van der Waals surface area contributed by atoms with Crippen molar-refractivity contribution < 1.29 is 12.8 Å². The van der Waals surface area contributed by atoms with Gasteiger partial charge >= 0.3 is 0 Å². The van der Waals surface area contributed by atoms with Gasteiger partial charge < -0.3 is 4.90 Å². The topological polar surface area (TPSA) is 53.5 Å². The van der Waals surface area contributed by atoms with Crippen LogP contribution in [0.3, 0.4) is 0 Å². The summed E-state index contributed by atoms with van der Waals surface area (Å²) in [6.07, 6.45) is 0.598. The fourth-order valence-corrected chi connectivity index (χ4v) is 6.09. The third-order valence-electron chi connectivity index (χ3n) is 4.87. The number of rotatable bonds is 5. The van der Waals surface area contributed by atoms with Gasteiger partial charge in [-0.25, -0.2) is 17.8 Å². The molecule has 1 aliphatic heterocycles. The highest BCUT2D eigenvalue weighted by molar-refractivity contribution is 7.89. The Kier molecular flexibility index (Phi) is 6.31. The van der Waals surface area contributed by atoms with Crippen LogP contribution in [0.2, 0.25) is 10.0 Å². The molecule has 1 aromatic heterocycles. The highest BCUT2D eigenvalue weighted by Crippen LogP contribution is 2.28. The van der Waals surface area contributed by atoms with E-state index < -0.39 is 15.8 Å². The van der Waals surface area contributed by atoms with Crippen LogP contribution >= 0.6 is 34.5 Å². The Labute approximate surface area is 188 Å². The summed E-state index contributed by atoms with van der Waals surface area (Å²) in [4.78, 5) is 6.73. The smallest absolute Gasteiger partial charge is 0.243 e. The summed E-state index contributed by atoms with van der Waals surface area (Å²) < 4.78 is 40.3. The maximum Gasteiger partial charge on any atom is 0.243 e. The predicted molar refractivity (Wildman–Crippen MR) is 119 cm³/mol. The van der Waals surface area contributed by atoms with Gasteiger partial charge in [-0.1, -0.05) is 35.3 Å². The van der Waals surface area contributed by atoms with Crippen molar-refractivity contribution in [3.63, 3.8) is 0 Å². The standard InChI is InChI=1S/C20H18Cl2FN3O2S2/c21-15-5-4-14(19(22)11-15)10-17-13-29-20(24-17)25-6-8-26(9-7-25)30(27,28)18-3-1-2-16(23)12-18/h1-5,11-13H,6-10H2. The summed E-state index contributed by atoms with van der Waals surface area (Å²) in [5.41, 5.74) is 1.85. The number of hydrogen-bond donors (Lipinski definition) is 0. The van der Waals surface area contributed by atoms with E-state index in [0.29, 0.717) is 42.6 Å². The molecule has 0 bridgehead atoms. The van der Waals surface area contributed by atoms with Crippen molar-refractivity contribution in [3.05, 3.63) is 75.0 Å². The number of halogens is 3. The van der Waals surface area contributed by atoms with Crippen LogP contribution in [0, 0.1) is 5.82 Å². The summed E-state index contributed by atoms with van der Waals surface area (Å²) >= 11 is 13.7. The van der Waals surface area contributed by atoms with Gasteiger partial charge in [-0.2, -0.15) is 4.31 Å². The van der Waals surface area contributed by atoms with Gasteiger partial charge in [0.2, 0.25) is 10.0 Å². The molecule has 1 fully saturated rings. The van der Waals surface area contributed by atoms with Gasteiger partial charge in [-0.3, -0.25) is 0 Å². The lowest BCUT2D eigenvalue weighted by Gasteiger charge is -2.33. The molecule has 0 aliphatic carbocycles. The summed E-state index contributed by atoms with van der Waals surface area (Å²) in [7, 11) is -3.71. The van der Waals surface area contributed by atoms with Gasteiger partial charge in [-0.05, 0) is 35.9 Å². The Bertz CT molecular complexity index is 1160. The fourth-order valence-electron chi connectivity index (χ4n) is 3.28. The SMILES string of the molecule is O=S(=O)(c1cccc(F)c1)N1CCN(c2nc(Cc3ccc(Cl)cc3Cl)cs2)CC1. The van der Waals surface area contributed by atoms with Crippen LogP contribution in [0.1, 0.15) is 11.3 Å². The molecule has 0 radical (unpaired) electrons. The first-order valence-corrected chi connectivity index (χ1v) is 12.3. The molecule has 0 amide bonds. The molecule has 3 aromatic rings. The highest BCUT2D eigenvalue weighted by Gasteiger charge is 2.29. The zero-order chi connectivity index (χ0) is 21.3. The Morgan fingerprint density at radius 2 is 1.83 bits per heavy atom. The van der Waals surface area contributed by atoms with E-state index in [4.69, 9.17) is 23.2 Å². The molecule has 30 heavy (non-hydrogen) atoms. The molecule has 1 saturated heterocycles. The largest absolute Gasteiger partial charge is 0.345 e. The lowest BCUT2D eigenvalue weighted by atomic mass is 10.1. The number of benzene rings is 2. The molecule has 1 aliphatic rings. The van der Waals surface area contributed by atoms with E-state index in [1.807, 2.05) is 11.4 Å². The molecular formula is C20H18Cl2FN3O2S2. The number of sulfonamides is 1. The fraction of sp³-hybridized carbons (Fsp3) is 0.250. The summed E-state index contributed by atoms with van der Waals surface area (Å²) in [5, 5.41) is 4.02. The number of hydrogen-bond acceptors (Lipinski definition) is 5. The number of anilines is 1. The van der Waals surface area contributed by atoms with Crippen molar-refractivity contribution >= 4 is 49.7 Å².